The average molecular weight is 317 g/mol. The molecule has 1 saturated carbocycles. The summed E-state index contributed by atoms with van der Waals surface area (Å²) < 4.78 is 4.39. The van der Waals surface area contributed by atoms with Gasteiger partial charge in [-0.3, -0.25) is 9.69 Å². The van der Waals surface area contributed by atoms with Gasteiger partial charge in [0.05, 0.1) is 6.67 Å². The van der Waals surface area contributed by atoms with Gasteiger partial charge in [0.25, 0.3) is 0 Å². The fraction of sp³-hybridized carbons (Fsp3) is 0.400. The first-order valence-corrected chi connectivity index (χ1v) is 7.66. The van der Waals surface area contributed by atoms with Gasteiger partial charge in [-0.05, 0) is 42.8 Å². The van der Waals surface area contributed by atoms with Crippen molar-refractivity contribution in [3.63, 3.8) is 0 Å². The highest BCUT2D eigenvalue weighted by atomic mass is 32.1. The van der Waals surface area contributed by atoms with Gasteiger partial charge in [0.15, 0.2) is 4.77 Å². The van der Waals surface area contributed by atoms with E-state index in [9.17, 15) is 4.79 Å². The van der Waals surface area contributed by atoms with Gasteiger partial charge in [-0.1, -0.05) is 12.1 Å². The van der Waals surface area contributed by atoms with Gasteiger partial charge in [-0.2, -0.15) is 5.10 Å². The molecule has 0 saturated heterocycles. The molecule has 0 aliphatic heterocycles. The van der Waals surface area contributed by atoms with Crippen LogP contribution in [-0.2, 0) is 20.3 Å². The van der Waals surface area contributed by atoms with Crippen LogP contribution in [0.15, 0.2) is 30.6 Å². The molecule has 2 N–H and O–H groups in total. The summed E-state index contributed by atoms with van der Waals surface area (Å²) in [5, 5.41) is 4.32. The highest BCUT2D eigenvalue weighted by Gasteiger charge is 2.29. The molecule has 0 spiro atoms. The van der Waals surface area contributed by atoms with E-state index in [0.29, 0.717) is 18.3 Å². The summed E-state index contributed by atoms with van der Waals surface area (Å²) in [4.78, 5) is 13.5. The Morgan fingerprint density at radius 1 is 1.41 bits per heavy atom. The molecule has 3 rings (SSSR count). The Morgan fingerprint density at radius 2 is 2.09 bits per heavy atom. The van der Waals surface area contributed by atoms with Crippen LogP contribution < -0.4 is 5.73 Å². The summed E-state index contributed by atoms with van der Waals surface area (Å²) in [6.45, 7) is 1.49. The van der Waals surface area contributed by atoms with E-state index in [4.69, 9.17) is 18.0 Å². The molecule has 1 amide bonds. The van der Waals surface area contributed by atoms with Crippen molar-refractivity contribution < 1.29 is 4.79 Å². The first-order chi connectivity index (χ1) is 10.5. The predicted octanol–water partition coefficient (Wildman–Crippen LogP) is 1.67. The van der Waals surface area contributed by atoms with Crippen molar-refractivity contribution in [3.05, 3.63) is 46.5 Å². The summed E-state index contributed by atoms with van der Waals surface area (Å²) in [6.07, 6.45) is 4.15. The smallest absolute Gasteiger partial charge is 0.248 e. The minimum Gasteiger partial charge on any atom is -0.366 e. The fourth-order valence-corrected chi connectivity index (χ4v) is 2.58. The van der Waals surface area contributed by atoms with Crippen LogP contribution in [-0.4, -0.2) is 31.2 Å². The van der Waals surface area contributed by atoms with E-state index in [2.05, 4.69) is 10.00 Å². The van der Waals surface area contributed by atoms with Gasteiger partial charge in [0.2, 0.25) is 5.91 Å². The van der Waals surface area contributed by atoms with Crippen molar-refractivity contribution in [1.82, 2.24) is 19.2 Å². The monoisotopic (exact) mass is 317 g/mol. The molecule has 0 bridgehead atoms. The molecule has 1 heterocycles. The first-order valence-electron chi connectivity index (χ1n) is 7.26. The molecule has 1 aromatic heterocycles. The number of aryl methyl sites for hydroxylation is 1. The van der Waals surface area contributed by atoms with Crippen LogP contribution in [0, 0.1) is 4.77 Å². The number of hydrogen-bond donors (Lipinski definition) is 1. The minimum atomic E-state index is -0.398. The molecule has 2 aromatic rings. The minimum absolute atomic E-state index is 0.398. The van der Waals surface area contributed by atoms with Crippen LogP contribution >= 0.6 is 12.2 Å². The highest BCUT2D eigenvalue weighted by molar-refractivity contribution is 7.71. The molecule has 116 valence electrons. The summed E-state index contributed by atoms with van der Waals surface area (Å²) in [5.41, 5.74) is 6.96. The lowest BCUT2D eigenvalue weighted by Gasteiger charge is -2.21. The molecule has 0 unspecified atom stereocenters. The van der Waals surface area contributed by atoms with Crippen molar-refractivity contribution in [2.45, 2.75) is 32.1 Å². The van der Waals surface area contributed by atoms with Crippen LogP contribution in [0.25, 0.3) is 0 Å². The van der Waals surface area contributed by atoms with Gasteiger partial charge in [0.1, 0.15) is 6.33 Å². The molecule has 6 nitrogen and oxygen atoms in total. The number of primary amides is 1. The van der Waals surface area contributed by atoms with E-state index in [-0.39, 0.29) is 0 Å². The van der Waals surface area contributed by atoms with Crippen molar-refractivity contribution in [2.24, 2.45) is 12.8 Å². The molecular formula is C15H19N5OS. The zero-order chi connectivity index (χ0) is 15.7. The summed E-state index contributed by atoms with van der Waals surface area (Å²) in [5.74, 6) is -0.398. The quantitative estimate of drug-likeness (QED) is 0.823. The molecule has 1 aromatic carbocycles. The molecule has 1 fully saturated rings. The Kier molecular flexibility index (Phi) is 4.08. The first kappa shape index (κ1) is 14.9. The Hall–Kier alpha value is -1.99. The number of amides is 1. The maximum Gasteiger partial charge on any atom is 0.248 e. The molecule has 1 aliphatic rings. The third-order valence-corrected chi connectivity index (χ3v) is 4.39. The second-order valence-electron chi connectivity index (χ2n) is 5.70. The zero-order valence-electron chi connectivity index (χ0n) is 12.5. The fourth-order valence-electron chi connectivity index (χ4n) is 2.43. The van der Waals surface area contributed by atoms with Gasteiger partial charge in [-0.25, -0.2) is 4.68 Å². The van der Waals surface area contributed by atoms with Gasteiger partial charge < -0.3 is 10.3 Å². The third-order valence-electron chi connectivity index (χ3n) is 3.89. The predicted molar refractivity (Wildman–Crippen MR) is 85.6 cm³/mol. The Bertz CT molecular complexity index is 729. The van der Waals surface area contributed by atoms with Crippen LogP contribution in [0.1, 0.15) is 28.8 Å². The SMILES string of the molecule is Cn1cnn(CN(Cc2ccc(C(N)=O)cc2)C2CC2)c1=S. The number of aromatic nitrogens is 3. The second kappa shape index (κ2) is 6.02. The summed E-state index contributed by atoms with van der Waals surface area (Å²) in [6, 6.07) is 8.03. The number of nitrogens with two attached hydrogens (primary N) is 1. The lowest BCUT2D eigenvalue weighted by Crippen LogP contribution is -2.29. The summed E-state index contributed by atoms with van der Waals surface area (Å²) in [7, 11) is 1.90. The number of carbonyl (C=O) groups excluding carboxylic acids is 1. The number of hydrogen-bond acceptors (Lipinski definition) is 4. The van der Waals surface area contributed by atoms with Crippen LogP contribution in [0.5, 0.6) is 0 Å². The molecule has 0 radical (unpaired) electrons. The van der Waals surface area contributed by atoms with E-state index in [1.807, 2.05) is 28.4 Å². The maximum atomic E-state index is 11.1. The average Bonchev–Trinajstić information content (AvgIpc) is 3.30. The highest BCUT2D eigenvalue weighted by Crippen LogP contribution is 2.28. The summed E-state index contributed by atoms with van der Waals surface area (Å²) >= 11 is 5.35. The van der Waals surface area contributed by atoms with E-state index in [0.717, 1.165) is 16.9 Å². The second-order valence-corrected chi connectivity index (χ2v) is 6.07. The van der Waals surface area contributed by atoms with Gasteiger partial charge in [-0.15, -0.1) is 0 Å². The lowest BCUT2D eigenvalue weighted by atomic mass is 10.1. The zero-order valence-corrected chi connectivity index (χ0v) is 13.3. The molecule has 1 aliphatic carbocycles. The van der Waals surface area contributed by atoms with Gasteiger partial charge >= 0.3 is 0 Å². The Morgan fingerprint density at radius 3 is 2.59 bits per heavy atom. The number of nitrogens with zero attached hydrogens (tertiary/aromatic N) is 4. The van der Waals surface area contributed by atoms with Crippen molar-refractivity contribution in [2.75, 3.05) is 0 Å². The number of carbonyl (C=O) groups is 1. The molecular weight excluding hydrogens is 298 g/mol. The third kappa shape index (κ3) is 3.26. The van der Waals surface area contributed by atoms with Gasteiger partial charge in [0, 0.05) is 25.2 Å². The Balaban J connectivity index is 1.73. The van der Waals surface area contributed by atoms with Crippen LogP contribution in [0.3, 0.4) is 0 Å². The molecule has 0 atom stereocenters. The van der Waals surface area contributed by atoms with Crippen molar-refractivity contribution in [3.8, 4) is 0 Å². The van der Waals surface area contributed by atoms with E-state index in [1.165, 1.54) is 12.8 Å². The normalized spacial score (nSPS) is 14.5. The van der Waals surface area contributed by atoms with E-state index in [1.54, 1.807) is 18.5 Å². The Labute approximate surface area is 134 Å². The number of rotatable bonds is 6. The van der Waals surface area contributed by atoms with E-state index < -0.39 is 5.91 Å². The number of benzene rings is 1. The van der Waals surface area contributed by atoms with E-state index >= 15 is 0 Å². The largest absolute Gasteiger partial charge is 0.366 e. The van der Waals surface area contributed by atoms with Crippen molar-refractivity contribution in [1.29, 1.82) is 0 Å². The van der Waals surface area contributed by atoms with Crippen molar-refractivity contribution >= 4 is 18.1 Å². The molecule has 7 heteroatoms. The standard InChI is InChI=1S/C15H19N5OS/c1-18-9-17-20(15(18)22)10-19(13-6-7-13)8-11-2-4-12(5-3-11)14(16)21/h2-5,9,13H,6-8,10H2,1H3,(H2,16,21). The maximum absolute atomic E-state index is 11.1. The van der Waals surface area contributed by atoms with Crippen LogP contribution in [0.2, 0.25) is 0 Å². The van der Waals surface area contributed by atoms with Crippen LogP contribution in [0.4, 0.5) is 0 Å². The molecule has 22 heavy (non-hydrogen) atoms. The lowest BCUT2D eigenvalue weighted by molar-refractivity contribution is 0.1000. The topological polar surface area (TPSA) is 69.1 Å².